The molecule has 2 amide bonds. The third-order valence-corrected chi connectivity index (χ3v) is 7.67. The van der Waals surface area contributed by atoms with Crippen LogP contribution in [-0.2, 0) is 28.3 Å². The van der Waals surface area contributed by atoms with Crippen LogP contribution in [0.1, 0.15) is 42.5 Å². The minimum absolute atomic E-state index is 0.0297. The molecule has 4 nitrogen and oxygen atoms in total. The van der Waals surface area contributed by atoms with E-state index in [4.69, 9.17) is 0 Å². The average molecular weight is 568 g/mol. The zero-order chi connectivity index (χ0) is 25.9. The van der Waals surface area contributed by atoms with Crippen molar-refractivity contribution in [2.45, 2.75) is 58.0 Å². The van der Waals surface area contributed by atoms with Crippen molar-refractivity contribution in [1.82, 2.24) is 10.2 Å². The highest BCUT2D eigenvalue weighted by atomic mass is 79.9. The SMILES string of the molecule is CC[C@@H](C)NC(=O)[C@@H](Cc1ccccc1)N(Cc1ccc(C)cc1)C(=O)CSCc1ccc(Br)cc1. The summed E-state index contributed by atoms with van der Waals surface area (Å²) in [6, 6.07) is 25.7. The second-order valence-corrected chi connectivity index (χ2v) is 11.1. The molecular weight excluding hydrogens is 532 g/mol. The smallest absolute Gasteiger partial charge is 0.243 e. The lowest BCUT2D eigenvalue weighted by atomic mass is 10.0. The molecule has 0 fully saturated rings. The van der Waals surface area contributed by atoms with Crippen molar-refractivity contribution in [3.63, 3.8) is 0 Å². The molecule has 0 aliphatic heterocycles. The Morgan fingerprint density at radius 1 is 0.917 bits per heavy atom. The number of carbonyl (C=O) groups excluding carboxylic acids is 2. The van der Waals surface area contributed by atoms with E-state index < -0.39 is 6.04 Å². The number of halogens is 1. The van der Waals surface area contributed by atoms with Gasteiger partial charge in [-0.1, -0.05) is 95.1 Å². The van der Waals surface area contributed by atoms with Crippen LogP contribution in [0, 0.1) is 6.92 Å². The minimum Gasteiger partial charge on any atom is -0.352 e. The fourth-order valence-electron chi connectivity index (χ4n) is 3.80. The first-order valence-electron chi connectivity index (χ1n) is 12.4. The predicted molar refractivity (Wildman–Crippen MR) is 154 cm³/mol. The first kappa shape index (κ1) is 28.0. The highest BCUT2D eigenvalue weighted by molar-refractivity contribution is 9.10. The summed E-state index contributed by atoms with van der Waals surface area (Å²) in [5.41, 5.74) is 4.38. The predicted octanol–water partition coefficient (Wildman–Crippen LogP) is 6.55. The number of benzene rings is 3. The molecule has 6 heteroatoms. The molecule has 0 saturated heterocycles. The van der Waals surface area contributed by atoms with Gasteiger partial charge >= 0.3 is 0 Å². The van der Waals surface area contributed by atoms with Gasteiger partial charge in [-0.3, -0.25) is 9.59 Å². The quantitative estimate of drug-likeness (QED) is 0.270. The fraction of sp³-hybridized carbons (Fsp3) is 0.333. The zero-order valence-corrected chi connectivity index (χ0v) is 23.6. The summed E-state index contributed by atoms with van der Waals surface area (Å²) in [6.07, 6.45) is 1.30. The molecule has 1 N–H and O–H groups in total. The van der Waals surface area contributed by atoms with Crippen molar-refractivity contribution in [3.05, 3.63) is 106 Å². The van der Waals surface area contributed by atoms with Crippen molar-refractivity contribution < 1.29 is 9.59 Å². The van der Waals surface area contributed by atoms with Gasteiger partial charge in [0.1, 0.15) is 6.04 Å². The molecule has 3 aromatic rings. The monoisotopic (exact) mass is 566 g/mol. The van der Waals surface area contributed by atoms with Crippen LogP contribution < -0.4 is 5.32 Å². The van der Waals surface area contributed by atoms with Crippen LogP contribution in [0.2, 0.25) is 0 Å². The number of carbonyl (C=O) groups is 2. The summed E-state index contributed by atoms with van der Waals surface area (Å²) < 4.78 is 1.03. The number of amides is 2. The molecule has 0 aromatic heterocycles. The van der Waals surface area contributed by atoms with Crippen LogP contribution in [0.5, 0.6) is 0 Å². The molecule has 0 unspecified atom stereocenters. The Hall–Kier alpha value is -2.57. The van der Waals surface area contributed by atoms with E-state index in [1.165, 1.54) is 0 Å². The van der Waals surface area contributed by atoms with E-state index in [0.29, 0.717) is 18.7 Å². The Morgan fingerprint density at radius 3 is 2.19 bits per heavy atom. The van der Waals surface area contributed by atoms with E-state index in [9.17, 15) is 9.59 Å². The normalized spacial score (nSPS) is 12.6. The summed E-state index contributed by atoms with van der Waals surface area (Å²) in [4.78, 5) is 29.0. The molecular formula is C30H35BrN2O2S. The van der Waals surface area contributed by atoms with E-state index in [0.717, 1.165) is 38.9 Å². The summed E-state index contributed by atoms with van der Waals surface area (Å²) in [5.74, 6) is 0.911. The van der Waals surface area contributed by atoms with E-state index in [1.807, 2.05) is 87.5 Å². The minimum atomic E-state index is -0.594. The molecule has 0 aliphatic carbocycles. The van der Waals surface area contributed by atoms with Crippen LogP contribution in [0.15, 0.2) is 83.3 Å². The maximum atomic E-state index is 13.7. The van der Waals surface area contributed by atoms with E-state index in [-0.39, 0.29) is 17.9 Å². The number of thioether (sulfide) groups is 1. The Morgan fingerprint density at radius 2 is 1.56 bits per heavy atom. The molecule has 190 valence electrons. The molecule has 2 atom stereocenters. The lowest BCUT2D eigenvalue weighted by Crippen LogP contribution is -2.52. The highest BCUT2D eigenvalue weighted by Gasteiger charge is 2.30. The van der Waals surface area contributed by atoms with Crippen LogP contribution in [0.3, 0.4) is 0 Å². The van der Waals surface area contributed by atoms with Gasteiger partial charge in [0.2, 0.25) is 11.8 Å². The van der Waals surface area contributed by atoms with Crippen LogP contribution in [-0.4, -0.2) is 34.6 Å². The first-order valence-corrected chi connectivity index (χ1v) is 14.3. The number of rotatable bonds is 12. The lowest BCUT2D eigenvalue weighted by Gasteiger charge is -2.32. The molecule has 0 heterocycles. The Balaban J connectivity index is 1.84. The van der Waals surface area contributed by atoms with Gasteiger partial charge in [-0.2, -0.15) is 0 Å². The van der Waals surface area contributed by atoms with Crippen molar-refractivity contribution in [2.75, 3.05) is 5.75 Å². The average Bonchev–Trinajstić information content (AvgIpc) is 2.88. The number of aryl methyl sites for hydroxylation is 1. The standard InChI is InChI=1S/C30H35BrN2O2S/c1-4-23(3)32-30(35)28(18-24-8-6-5-7-9-24)33(19-25-12-10-22(2)11-13-25)29(34)21-36-20-26-14-16-27(31)17-15-26/h5-17,23,28H,4,18-21H2,1-3H3,(H,32,35)/t23-,28-/m1/s1. The summed E-state index contributed by atoms with van der Waals surface area (Å²) >= 11 is 5.04. The van der Waals surface area contributed by atoms with E-state index in [2.05, 4.69) is 33.4 Å². The van der Waals surface area contributed by atoms with E-state index in [1.54, 1.807) is 16.7 Å². The molecule has 36 heavy (non-hydrogen) atoms. The number of hydrogen-bond donors (Lipinski definition) is 1. The van der Waals surface area contributed by atoms with Gasteiger partial charge < -0.3 is 10.2 Å². The van der Waals surface area contributed by atoms with Crippen molar-refractivity contribution in [2.24, 2.45) is 0 Å². The van der Waals surface area contributed by atoms with Crippen molar-refractivity contribution in [3.8, 4) is 0 Å². The van der Waals surface area contributed by atoms with Gasteiger partial charge in [0.05, 0.1) is 5.75 Å². The Kier molecular flexibility index (Phi) is 11.1. The Labute approximate surface area is 228 Å². The lowest BCUT2D eigenvalue weighted by molar-refractivity contribution is -0.139. The number of hydrogen-bond acceptors (Lipinski definition) is 3. The van der Waals surface area contributed by atoms with Crippen LogP contribution >= 0.6 is 27.7 Å². The van der Waals surface area contributed by atoms with Crippen molar-refractivity contribution in [1.29, 1.82) is 0 Å². The molecule has 0 radical (unpaired) electrons. The summed E-state index contributed by atoms with van der Waals surface area (Å²) in [6.45, 7) is 6.48. The first-order chi connectivity index (χ1) is 17.4. The van der Waals surface area contributed by atoms with Gasteiger partial charge in [0.25, 0.3) is 0 Å². The largest absolute Gasteiger partial charge is 0.352 e. The number of nitrogens with one attached hydrogen (secondary N) is 1. The van der Waals surface area contributed by atoms with Gasteiger partial charge in [0, 0.05) is 29.2 Å². The number of nitrogens with zero attached hydrogens (tertiary/aromatic N) is 1. The highest BCUT2D eigenvalue weighted by Crippen LogP contribution is 2.20. The van der Waals surface area contributed by atoms with Gasteiger partial charge in [-0.15, -0.1) is 11.8 Å². The molecule has 0 spiro atoms. The summed E-state index contributed by atoms with van der Waals surface area (Å²) in [5, 5.41) is 3.12. The van der Waals surface area contributed by atoms with Gasteiger partial charge in [-0.25, -0.2) is 0 Å². The molecule has 0 aliphatic rings. The topological polar surface area (TPSA) is 49.4 Å². The molecule has 0 saturated carbocycles. The summed E-state index contributed by atoms with van der Waals surface area (Å²) in [7, 11) is 0. The van der Waals surface area contributed by atoms with Crippen LogP contribution in [0.25, 0.3) is 0 Å². The second-order valence-electron chi connectivity index (χ2n) is 9.15. The van der Waals surface area contributed by atoms with Crippen molar-refractivity contribution >= 4 is 39.5 Å². The fourth-order valence-corrected chi connectivity index (χ4v) is 4.94. The molecule has 3 aromatic carbocycles. The molecule has 3 rings (SSSR count). The van der Waals surface area contributed by atoms with Gasteiger partial charge in [0.15, 0.2) is 0 Å². The second kappa shape index (κ2) is 14.2. The maximum Gasteiger partial charge on any atom is 0.243 e. The maximum absolute atomic E-state index is 13.7. The third-order valence-electron chi connectivity index (χ3n) is 6.15. The van der Waals surface area contributed by atoms with Gasteiger partial charge in [-0.05, 0) is 49.1 Å². The Bertz CT molecular complexity index is 1100. The molecule has 0 bridgehead atoms. The third kappa shape index (κ3) is 8.82. The van der Waals surface area contributed by atoms with E-state index >= 15 is 0 Å². The van der Waals surface area contributed by atoms with Crippen LogP contribution in [0.4, 0.5) is 0 Å². The zero-order valence-electron chi connectivity index (χ0n) is 21.2.